The molecule has 14 nitrogen and oxygen atoms in total. The fourth-order valence-corrected chi connectivity index (χ4v) is 11.1. The Morgan fingerprint density at radius 2 is 1.15 bits per heavy atom. The highest BCUT2D eigenvalue weighted by Gasteiger charge is 2.47. The molecule has 0 aromatic carbocycles. The van der Waals surface area contributed by atoms with Crippen LogP contribution in [-0.2, 0) is 47.5 Å². The zero-order valence-electron chi connectivity index (χ0n) is 44.1. The molecule has 0 aromatic heterocycles. The quantitative estimate of drug-likeness (QED) is 0.117. The Morgan fingerprint density at radius 1 is 0.595 bits per heavy atom. The lowest BCUT2D eigenvalue weighted by molar-refractivity contribution is -0.148. The average molecular weight is 1030 g/mol. The molecule has 0 radical (unpaired) electrons. The van der Waals surface area contributed by atoms with Crippen LogP contribution in [0.1, 0.15) is 118 Å². The van der Waals surface area contributed by atoms with Gasteiger partial charge in [-0.25, -0.2) is 9.59 Å². The maximum atomic E-state index is 12.7. The number of cyclic esters (lactones) is 1. The van der Waals surface area contributed by atoms with E-state index in [1.165, 1.54) is 23.3 Å². The molecule has 74 heavy (non-hydrogen) atoms. The highest BCUT2D eigenvalue weighted by atomic mass is 16.6. The minimum atomic E-state index is -1.12. The Balaban J connectivity index is 0.000000216. The molecule has 0 saturated carbocycles. The summed E-state index contributed by atoms with van der Waals surface area (Å²) in [6.07, 6.45) is 28.0. The van der Waals surface area contributed by atoms with E-state index in [-0.39, 0.29) is 68.1 Å². The van der Waals surface area contributed by atoms with Crippen LogP contribution in [0.2, 0.25) is 0 Å². The van der Waals surface area contributed by atoms with Gasteiger partial charge in [0.15, 0.2) is 0 Å². The summed E-state index contributed by atoms with van der Waals surface area (Å²) in [5.74, 6) is -0.270. The lowest BCUT2D eigenvalue weighted by Gasteiger charge is -2.28. The number of fused-ring (bicyclic) bond motifs is 7. The first-order valence-corrected chi connectivity index (χ1v) is 27.2. The van der Waals surface area contributed by atoms with Crippen molar-refractivity contribution in [2.75, 3.05) is 13.2 Å². The minimum Gasteiger partial charge on any atom is -0.456 e. The van der Waals surface area contributed by atoms with E-state index in [1.807, 2.05) is 36.5 Å². The Hall–Kier alpha value is -4.06. The monoisotopic (exact) mass is 1030 g/mol. The van der Waals surface area contributed by atoms with Gasteiger partial charge in [-0.05, 0) is 103 Å². The van der Waals surface area contributed by atoms with E-state index in [0.29, 0.717) is 44.3 Å². The molecule has 14 heteroatoms. The average Bonchev–Trinajstić information content (AvgIpc) is 4.01. The summed E-state index contributed by atoms with van der Waals surface area (Å²) in [6, 6.07) is 0. The fourth-order valence-electron chi connectivity index (χ4n) is 11.1. The van der Waals surface area contributed by atoms with Crippen molar-refractivity contribution in [3.05, 3.63) is 121 Å². The maximum absolute atomic E-state index is 12.7. The second-order valence-corrected chi connectivity index (χ2v) is 22.0. The molecule has 408 valence electrons. The van der Waals surface area contributed by atoms with E-state index in [2.05, 4.69) is 59.1 Å². The predicted molar refractivity (Wildman–Crippen MR) is 282 cm³/mol. The summed E-state index contributed by atoms with van der Waals surface area (Å²) in [6.45, 7) is 17.9. The van der Waals surface area contributed by atoms with Gasteiger partial charge >= 0.3 is 11.9 Å². The van der Waals surface area contributed by atoms with Crippen molar-refractivity contribution in [1.29, 1.82) is 0 Å². The number of epoxide rings is 1. The predicted octanol–water partition coefficient (Wildman–Crippen LogP) is 8.21. The van der Waals surface area contributed by atoms with Crippen molar-refractivity contribution in [3.8, 4) is 0 Å². The Bertz CT molecular complexity index is 2130. The van der Waals surface area contributed by atoms with Gasteiger partial charge in [0.25, 0.3) is 0 Å². The fraction of sp³-hybridized carbons (Fsp3) is 0.633. The van der Waals surface area contributed by atoms with Gasteiger partial charge in [0.1, 0.15) is 36.6 Å². The van der Waals surface area contributed by atoms with Gasteiger partial charge in [-0.15, -0.1) is 0 Å². The molecular formula is C60H84O14. The summed E-state index contributed by atoms with van der Waals surface area (Å²) in [7, 11) is 0. The molecule has 0 aliphatic carbocycles. The lowest BCUT2D eigenvalue weighted by atomic mass is 9.90. The SMILES string of the molecule is C=C1C[C@H](C)C[C@@H]2CC=C[C@@H](C/C=C\C(=O)O[C@H]([C@@H](O)/C=C/[C@@H]3CC(C)=CCO3)C[C@@H]3O[C@H]3[C@@H](O)C1)O2.C=C1C[C@H](C)C[C@@H]2CC=C[C@@H](C/C=C\C(=O)O[C@H]3C[C@@H](O[C@H]3/C=C/[C@@H]3CC(C)=CCO3)[C@@H](O)[C@@H](O)C1)O2. The van der Waals surface area contributed by atoms with Crippen molar-refractivity contribution >= 4 is 11.9 Å². The van der Waals surface area contributed by atoms with Crippen LogP contribution in [0.4, 0.5) is 0 Å². The molecule has 6 bridgehead atoms. The van der Waals surface area contributed by atoms with E-state index in [4.69, 9.17) is 37.9 Å². The summed E-state index contributed by atoms with van der Waals surface area (Å²) in [4.78, 5) is 25.3. The van der Waals surface area contributed by atoms with Gasteiger partial charge in [-0.2, -0.15) is 0 Å². The molecule has 8 aliphatic rings. The number of hydrogen-bond acceptors (Lipinski definition) is 14. The van der Waals surface area contributed by atoms with E-state index >= 15 is 0 Å². The standard InChI is InChI=1S/2C30H42O7/c1-19-12-13-34-23(15-19)10-11-26-27-18-28(36-26)30(33)25(31)17-21(3)14-20(2)16-24-8-4-6-22(35-24)7-5-9-29(32)37-27;1-19-12-13-34-23(15-19)10-11-25(31)27-18-28-30(37-28)26(32)17-21(3)14-20(2)16-24-8-4-6-22(35-24)7-5-9-29(33)36-27/h4-6,9-12,20,22-28,30-31,33H,3,7-8,13-18H2,1-2H3;4-6,9-12,20,22-28,30-32H,3,7-8,13-18H2,1-2H3/b2*9-5-,11-10+/t20-,22-,23+,24-,25-,26-,27-,28+,30-;20-,22-,23+,24-,25-,26-,27-,28-,30-/m00/s1. The molecular weight excluding hydrogens is 945 g/mol. The lowest BCUT2D eigenvalue weighted by Crippen LogP contribution is -2.37. The number of carbonyl (C=O) groups excluding carboxylic acids is 2. The van der Waals surface area contributed by atoms with Gasteiger partial charge in [-0.3, -0.25) is 0 Å². The van der Waals surface area contributed by atoms with Crippen LogP contribution < -0.4 is 0 Å². The first-order chi connectivity index (χ1) is 35.5. The van der Waals surface area contributed by atoms with Gasteiger partial charge in [0.2, 0.25) is 0 Å². The van der Waals surface area contributed by atoms with Crippen LogP contribution in [0.15, 0.2) is 121 Å². The molecule has 0 amide bonds. The summed E-state index contributed by atoms with van der Waals surface area (Å²) < 4.78 is 47.2. The molecule has 4 N–H and O–H groups in total. The van der Waals surface area contributed by atoms with Crippen LogP contribution in [0.3, 0.4) is 0 Å². The van der Waals surface area contributed by atoms with Crippen LogP contribution in [0.25, 0.3) is 0 Å². The minimum absolute atomic E-state index is 0.0723. The third-order valence-corrected chi connectivity index (χ3v) is 15.0. The molecule has 8 aliphatic heterocycles. The number of aliphatic hydroxyl groups excluding tert-OH is 4. The number of carbonyl (C=O) groups is 2. The van der Waals surface area contributed by atoms with Crippen LogP contribution >= 0.6 is 0 Å². The second-order valence-electron chi connectivity index (χ2n) is 22.0. The molecule has 0 spiro atoms. The zero-order valence-corrected chi connectivity index (χ0v) is 44.1. The largest absolute Gasteiger partial charge is 0.456 e. The molecule has 0 unspecified atom stereocenters. The summed E-state index contributed by atoms with van der Waals surface area (Å²) in [5, 5.41) is 43.4. The van der Waals surface area contributed by atoms with Crippen LogP contribution in [-0.4, -0.2) is 143 Å². The number of hydrogen-bond donors (Lipinski definition) is 4. The highest BCUT2D eigenvalue weighted by Crippen LogP contribution is 2.36. The molecule has 2 saturated heterocycles. The smallest absolute Gasteiger partial charge is 0.330 e. The van der Waals surface area contributed by atoms with Crippen molar-refractivity contribution in [2.24, 2.45) is 11.8 Å². The number of rotatable bonds is 5. The van der Waals surface area contributed by atoms with Gasteiger partial charge < -0.3 is 58.3 Å². The molecule has 2 fully saturated rings. The van der Waals surface area contributed by atoms with Crippen molar-refractivity contribution in [3.63, 3.8) is 0 Å². The van der Waals surface area contributed by atoms with E-state index in [0.717, 1.165) is 62.5 Å². The summed E-state index contributed by atoms with van der Waals surface area (Å²) >= 11 is 0. The van der Waals surface area contributed by atoms with Gasteiger partial charge in [0.05, 0.1) is 74.3 Å². The first-order valence-electron chi connectivity index (χ1n) is 27.2. The van der Waals surface area contributed by atoms with E-state index < -0.39 is 60.8 Å². The van der Waals surface area contributed by atoms with Crippen molar-refractivity contribution in [1.82, 2.24) is 0 Å². The van der Waals surface area contributed by atoms with E-state index in [9.17, 15) is 30.0 Å². The van der Waals surface area contributed by atoms with Crippen molar-refractivity contribution in [2.45, 2.75) is 215 Å². The second kappa shape index (κ2) is 28.4. The molecule has 18 atom stereocenters. The van der Waals surface area contributed by atoms with E-state index in [1.54, 1.807) is 18.2 Å². The number of aliphatic hydroxyl groups is 4. The van der Waals surface area contributed by atoms with Crippen LogP contribution in [0, 0.1) is 11.8 Å². The third-order valence-electron chi connectivity index (χ3n) is 15.0. The highest BCUT2D eigenvalue weighted by molar-refractivity contribution is 5.82. The van der Waals surface area contributed by atoms with Crippen LogP contribution in [0.5, 0.6) is 0 Å². The number of ether oxygens (including phenoxy) is 8. The van der Waals surface area contributed by atoms with Crippen molar-refractivity contribution < 1.29 is 67.9 Å². The Kier molecular flexibility index (Phi) is 22.1. The first kappa shape index (κ1) is 57.6. The molecule has 8 rings (SSSR count). The number of esters is 2. The maximum Gasteiger partial charge on any atom is 0.330 e. The normalized spacial score (nSPS) is 40.4. The molecule has 0 aromatic rings. The summed E-state index contributed by atoms with van der Waals surface area (Å²) in [5.41, 5.74) is 4.38. The third kappa shape index (κ3) is 18.6. The van der Waals surface area contributed by atoms with Gasteiger partial charge in [0, 0.05) is 25.0 Å². The zero-order chi connectivity index (χ0) is 52.7. The Labute approximate surface area is 439 Å². The Morgan fingerprint density at radius 3 is 1.73 bits per heavy atom. The van der Waals surface area contributed by atoms with Gasteiger partial charge in [-0.1, -0.05) is 122 Å². The molecule has 8 heterocycles. The topological polar surface area (TPSA) is 192 Å².